The number of hydroxylamine groups is 1. The summed E-state index contributed by atoms with van der Waals surface area (Å²) in [4.78, 5) is 45.2. The fraction of sp³-hybridized carbons (Fsp3) is 0.0476. The number of hydrogen-bond donors (Lipinski definition) is 1. The molecule has 0 bridgehead atoms. The summed E-state index contributed by atoms with van der Waals surface area (Å²) in [5, 5.41) is 0.514. The number of primary amides is 1. The van der Waals surface area contributed by atoms with Crippen molar-refractivity contribution in [2.45, 2.75) is 6.18 Å². The molecular weight excluding hydrogens is 434 g/mol. The number of halogens is 4. The van der Waals surface area contributed by atoms with Gasteiger partial charge in [-0.2, -0.15) is 13.2 Å². The molecule has 0 aliphatic rings. The van der Waals surface area contributed by atoms with Crippen molar-refractivity contribution in [1.82, 2.24) is 4.98 Å². The number of rotatable bonds is 4. The number of carbonyl (C=O) groups is 3. The molecule has 164 valence electrons. The van der Waals surface area contributed by atoms with Gasteiger partial charge in [-0.15, -0.1) is 5.06 Å². The molecule has 0 spiro atoms. The van der Waals surface area contributed by atoms with Crippen LogP contribution in [0.2, 0.25) is 0 Å². The van der Waals surface area contributed by atoms with E-state index in [1.807, 2.05) is 0 Å². The van der Waals surface area contributed by atoms with E-state index in [0.717, 1.165) is 30.3 Å². The van der Waals surface area contributed by atoms with Crippen molar-refractivity contribution in [3.8, 4) is 0 Å². The highest BCUT2D eigenvalue weighted by atomic mass is 19.4. The Morgan fingerprint density at radius 2 is 1.56 bits per heavy atom. The maximum Gasteiger partial charge on any atom is 0.433 e. The lowest BCUT2D eigenvalue weighted by molar-refractivity contribution is -0.141. The number of anilines is 1. The smallest absolute Gasteiger partial charge is 0.366 e. The third-order valence-electron chi connectivity index (χ3n) is 4.10. The summed E-state index contributed by atoms with van der Waals surface area (Å²) in [7, 11) is 0. The highest BCUT2D eigenvalue weighted by Gasteiger charge is 2.32. The molecule has 0 fully saturated rings. The Morgan fingerprint density at radius 3 is 2.12 bits per heavy atom. The van der Waals surface area contributed by atoms with Crippen LogP contribution in [-0.4, -0.2) is 22.8 Å². The molecule has 0 saturated carbocycles. The molecule has 3 aromatic rings. The molecular formula is C21H13F4N3O4. The average molecular weight is 447 g/mol. The molecule has 0 atom stereocenters. The lowest BCUT2D eigenvalue weighted by Gasteiger charge is -2.21. The van der Waals surface area contributed by atoms with Crippen LogP contribution in [0.15, 0.2) is 66.9 Å². The molecule has 0 saturated heterocycles. The summed E-state index contributed by atoms with van der Waals surface area (Å²) in [6.45, 7) is 0. The number of pyridine rings is 1. The Hall–Kier alpha value is -4.28. The summed E-state index contributed by atoms with van der Waals surface area (Å²) >= 11 is 0. The highest BCUT2D eigenvalue weighted by Crippen LogP contribution is 2.27. The molecule has 1 heterocycles. The lowest BCUT2D eigenvalue weighted by Crippen LogP contribution is -2.34. The highest BCUT2D eigenvalue weighted by molar-refractivity contribution is 6.07. The number of amides is 2. The van der Waals surface area contributed by atoms with Crippen LogP contribution in [0, 0.1) is 5.82 Å². The van der Waals surface area contributed by atoms with Crippen molar-refractivity contribution in [3.05, 3.63) is 95.1 Å². The molecule has 0 aliphatic carbocycles. The maximum atomic E-state index is 13.2. The Kier molecular flexibility index (Phi) is 6.19. The topological polar surface area (TPSA) is 103 Å². The van der Waals surface area contributed by atoms with Gasteiger partial charge in [-0.25, -0.2) is 9.18 Å². The van der Waals surface area contributed by atoms with Gasteiger partial charge in [-0.05, 0) is 54.6 Å². The number of nitrogens with zero attached hydrogens (tertiary/aromatic N) is 2. The summed E-state index contributed by atoms with van der Waals surface area (Å²) in [6.07, 6.45) is -4.06. The molecule has 32 heavy (non-hydrogen) atoms. The van der Waals surface area contributed by atoms with E-state index in [0.29, 0.717) is 17.3 Å². The molecule has 7 nitrogen and oxygen atoms in total. The van der Waals surface area contributed by atoms with Crippen molar-refractivity contribution in [2.75, 3.05) is 5.06 Å². The second kappa shape index (κ2) is 8.84. The van der Waals surface area contributed by atoms with E-state index in [1.54, 1.807) is 0 Å². The van der Waals surface area contributed by atoms with Crippen molar-refractivity contribution in [2.24, 2.45) is 5.73 Å². The molecule has 2 aromatic carbocycles. The first kappa shape index (κ1) is 22.4. The second-order valence-electron chi connectivity index (χ2n) is 6.33. The summed E-state index contributed by atoms with van der Waals surface area (Å²) in [5.41, 5.74) is 3.48. The molecule has 2 amide bonds. The number of benzene rings is 2. The van der Waals surface area contributed by atoms with Gasteiger partial charge >= 0.3 is 12.1 Å². The van der Waals surface area contributed by atoms with Crippen LogP contribution in [0.5, 0.6) is 0 Å². The minimum atomic E-state index is -4.71. The Morgan fingerprint density at radius 1 is 0.906 bits per heavy atom. The molecule has 0 aliphatic heterocycles. The normalized spacial score (nSPS) is 11.0. The van der Waals surface area contributed by atoms with Gasteiger partial charge in [-0.3, -0.25) is 14.6 Å². The van der Waals surface area contributed by atoms with Crippen LogP contribution in [0.3, 0.4) is 0 Å². The minimum Gasteiger partial charge on any atom is -0.366 e. The lowest BCUT2D eigenvalue weighted by atomic mass is 10.1. The van der Waals surface area contributed by atoms with Gasteiger partial charge in [0, 0.05) is 17.3 Å². The molecule has 2 N–H and O–H groups in total. The van der Waals surface area contributed by atoms with Crippen molar-refractivity contribution in [3.63, 3.8) is 0 Å². The number of aromatic nitrogens is 1. The van der Waals surface area contributed by atoms with E-state index in [-0.39, 0.29) is 22.4 Å². The third-order valence-corrected chi connectivity index (χ3v) is 4.10. The predicted octanol–water partition coefficient (Wildman–Crippen LogP) is 3.76. The minimum absolute atomic E-state index is 0.00773. The Balaban J connectivity index is 1.96. The first-order valence-corrected chi connectivity index (χ1v) is 8.81. The zero-order valence-electron chi connectivity index (χ0n) is 16.0. The van der Waals surface area contributed by atoms with E-state index >= 15 is 0 Å². The number of nitrogens with two attached hydrogens (primary N) is 1. The van der Waals surface area contributed by atoms with Crippen LogP contribution in [-0.2, 0) is 11.0 Å². The quantitative estimate of drug-likeness (QED) is 0.485. The van der Waals surface area contributed by atoms with Crippen molar-refractivity contribution >= 4 is 23.5 Å². The fourth-order valence-electron chi connectivity index (χ4n) is 2.52. The predicted molar refractivity (Wildman–Crippen MR) is 103 cm³/mol. The Labute approximate surface area is 178 Å². The van der Waals surface area contributed by atoms with E-state index in [4.69, 9.17) is 10.6 Å². The molecule has 11 heteroatoms. The van der Waals surface area contributed by atoms with E-state index in [2.05, 4.69) is 4.98 Å². The van der Waals surface area contributed by atoms with Crippen LogP contribution >= 0.6 is 0 Å². The molecule has 3 rings (SSSR count). The Bertz CT molecular complexity index is 1160. The summed E-state index contributed by atoms with van der Waals surface area (Å²) in [5.74, 6) is -3.55. The maximum absolute atomic E-state index is 13.2. The van der Waals surface area contributed by atoms with Crippen molar-refractivity contribution in [1.29, 1.82) is 0 Å². The second-order valence-corrected chi connectivity index (χ2v) is 6.33. The van der Waals surface area contributed by atoms with Gasteiger partial charge in [0.1, 0.15) is 11.5 Å². The standard InChI is InChI=1S/C21H13F4N3O4/c22-15-7-4-12(5-8-15)19(30)28(16-3-1-2-13(10-16)18(26)29)32-20(31)14-6-9-17(27-11-14)21(23,24)25/h1-11H,(H2,26,29). The monoisotopic (exact) mass is 447 g/mol. The fourth-order valence-corrected chi connectivity index (χ4v) is 2.52. The first-order valence-electron chi connectivity index (χ1n) is 8.81. The number of alkyl halides is 3. The van der Waals surface area contributed by atoms with Crippen LogP contribution < -0.4 is 10.8 Å². The van der Waals surface area contributed by atoms with Crippen molar-refractivity contribution < 1.29 is 36.8 Å². The van der Waals surface area contributed by atoms with Crippen LogP contribution in [0.1, 0.15) is 36.8 Å². The molecule has 0 unspecified atom stereocenters. The van der Waals surface area contributed by atoms with E-state index in [1.165, 1.54) is 24.3 Å². The summed E-state index contributed by atoms with van der Waals surface area (Å²) in [6, 6.07) is 10.9. The van der Waals surface area contributed by atoms with Gasteiger partial charge in [0.15, 0.2) is 0 Å². The van der Waals surface area contributed by atoms with Gasteiger partial charge in [0.05, 0.1) is 11.3 Å². The van der Waals surface area contributed by atoms with Gasteiger partial charge in [-0.1, -0.05) is 6.07 Å². The third kappa shape index (κ3) is 5.06. The number of carbonyl (C=O) groups excluding carboxylic acids is 3. The molecule has 1 aromatic heterocycles. The zero-order valence-corrected chi connectivity index (χ0v) is 16.0. The number of hydrogen-bond acceptors (Lipinski definition) is 5. The molecule has 0 radical (unpaired) electrons. The van der Waals surface area contributed by atoms with Crippen LogP contribution in [0.25, 0.3) is 0 Å². The van der Waals surface area contributed by atoms with Gasteiger partial charge in [0.25, 0.3) is 5.91 Å². The van der Waals surface area contributed by atoms with Gasteiger partial charge < -0.3 is 10.6 Å². The van der Waals surface area contributed by atoms with Crippen LogP contribution in [0.4, 0.5) is 23.2 Å². The largest absolute Gasteiger partial charge is 0.433 e. The van der Waals surface area contributed by atoms with E-state index in [9.17, 15) is 31.9 Å². The van der Waals surface area contributed by atoms with E-state index < -0.39 is 35.5 Å². The average Bonchev–Trinajstić information content (AvgIpc) is 2.77. The van der Waals surface area contributed by atoms with Gasteiger partial charge in [0.2, 0.25) is 5.91 Å². The SMILES string of the molecule is NC(=O)c1cccc(N(OC(=O)c2ccc(C(F)(F)F)nc2)C(=O)c2ccc(F)cc2)c1. The first-order chi connectivity index (χ1) is 15.1. The zero-order chi connectivity index (χ0) is 23.5. The summed E-state index contributed by atoms with van der Waals surface area (Å²) < 4.78 is 51.3.